The van der Waals surface area contributed by atoms with Gasteiger partial charge in [-0.2, -0.15) is 0 Å². The number of hydrogen-bond donors (Lipinski definition) is 2. The summed E-state index contributed by atoms with van der Waals surface area (Å²) in [6.45, 7) is 1.89. The third kappa shape index (κ3) is 4.46. The summed E-state index contributed by atoms with van der Waals surface area (Å²) in [5.41, 5.74) is 1.78. The van der Waals surface area contributed by atoms with Crippen LogP contribution in [0.4, 0.5) is 17.3 Å². The number of halogens is 1. The fourth-order valence-corrected chi connectivity index (χ4v) is 3.17. The van der Waals surface area contributed by atoms with Crippen LogP contribution in [0.3, 0.4) is 0 Å². The van der Waals surface area contributed by atoms with Crippen molar-refractivity contribution >= 4 is 38.9 Å². The predicted octanol–water partition coefficient (Wildman–Crippen LogP) is 3.98. The van der Waals surface area contributed by atoms with Crippen molar-refractivity contribution in [2.24, 2.45) is 0 Å². The van der Waals surface area contributed by atoms with Gasteiger partial charge in [0, 0.05) is 10.7 Å². The van der Waals surface area contributed by atoms with Crippen LogP contribution in [0.15, 0.2) is 65.6 Å². The topological polar surface area (TPSA) is 84.0 Å². The van der Waals surface area contributed by atoms with E-state index in [-0.39, 0.29) is 10.7 Å². The van der Waals surface area contributed by atoms with Crippen LogP contribution < -0.4 is 10.0 Å². The fourth-order valence-electron chi connectivity index (χ4n) is 2.05. The molecule has 0 unspecified atom stereocenters. The Morgan fingerprint density at radius 1 is 0.840 bits per heavy atom. The van der Waals surface area contributed by atoms with Crippen molar-refractivity contribution in [2.45, 2.75) is 11.8 Å². The molecule has 128 valence electrons. The molecule has 1 aromatic heterocycles. The fraction of sp³-hybridized carbons (Fsp3) is 0.0588. The summed E-state index contributed by atoms with van der Waals surface area (Å²) >= 11 is 5.84. The van der Waals surface area contributed by atoms with Crippen LogP contribution in [0.25, 0.3) is 0 Å². The summed E-state index contributed by atoms with van der Waals surface area (Å²) in [7, 11) is -3.69. The minimum Gasteiger partial charge on any atom is -0.339 e. The molecule has 6 nitrogen and oxygen atoms in total. The normalized spacial score (nSPS) is 11.1. The van der Waals surface area contributed by atoms with Gasteiger partial charge in [0.05, 0.1) is 4.90 Å². The van der Waals surface area contributed by atoms with E-state index >= 15 is 0 Å². The highest BCUT2D eigenvalue weighted by molar-refractivity contribution is 7.92. The quantitative estimate of drug-likeness (QED) is 0.705. The molecule has 0 aliphatic rings. The molecular formula is C17H15ClN4O2S. The molecule has 3 aromatic rings. The molecule has 0 aliphatic carbocycles. The molecule has 1 heterocycles. The zero-order valence-corrected chi connectivity index (χ0v) is 14.8. The number of nitrogens with zero attached hydrogens (tertiary/aromatic N) is 2. The van der Waals surface area contributed by atoms with Crippen molar-refractivity contribution in [1.29, 1.82) is 0 Å². The smallest absolute Gasteiger partial charge is 0.263 e. The molecule has 2 aromatic carbocycles. The van der Waals surface area contributed by atoms with E-state index in [9.17, 15) is 8.42 Å². The van der Waals surface area contributed by atoms with Gasteiger partial charge in [-0.15, -0.1) is 10.2 Å². The molecule has 2 N–H and O–H groups in total. The Hall–Kier alpha value is -2.64. The standard InChI is InChI=1S/C17H15ClN4O2S/c1-12-2-8-15(9-3-12)25(23,24)22-17-11-10-16(20-21-17)19-14-6-4-13(18)5-7-14/h2-11H,1H3,(H,19,20)(H,21,22). The molecule has 0 spiro atoms. The lowest BCUT2D eigenvalue weighted by atomic mass is 10.2. The highest BCUT2D eigenvalue weighted by Crippen LogP contribution is 2.19. The monoisotopic (exact) mass is 374 g/mol. The van der Waals surface area contributed by atoms with Gasteiger partial charge in [0.1, 0.15) is 0 Å². The predicted molar refractivity (Wildman–Crippen MR) is 98.8 cm³/mol. The molecule has 0 bridgehead atoms. The van der Waals surface area contributed by atoms with E-state index in [1.807, 2.05) is 6.92 Å². The van der Waals surface area contributed by atoms with Gasteiger partial charge in [-0.05, 0) is 55.5 Å². The zero-order valence-electron chi connectivity index (χ0n) is 13.3. The van der Waals surface area contributed by atoms with E-state index in [0.29, 0.717) is 10.8 Å². The number of aryl methyl sites for hydroxylation is 1. The van der Waals surface area contributed by atoms with Crippen molar-refractivity contribution in [3.05, 3.63) is 71.2 Å². The maximum Gasteiger partial charge on any atom is 0.263 e. The SMILES string of the molecule is Cc1ccc(S(=O)(=O)Nc2ccc(Nc3ccc(Cl)cc3)nn2)cc1. The van der Waals surface area contributed by atoms with Gasteiger partial charge in [0.25, 0.3) is 10.0 Å². The first kappa shape index (κ1) is 17.2. The molecule has 0 amide bonds. The van der Waals surface area contributed by atoms with E-state index in [4.69, 9.17) is 11.6 Å². The second kappa shape index (κ2) is 7.08. The summed E-state index contributed by atoms with van der Waals surface area (Å²) < 4.78 is 27.0. The zero-order chi connectivity index (χ0) is 17.9. The number of aromatic nitrogens is 2. The maximum atomic E-state index is 12.3. The second-order valence-electron chi connectivity index (χ2n) is 5.35. The van der Waals surface area contributed by atoms with Crippen LogP contribution in [-0.4, -0.2) is 18.6 Å². The largest absolute Gasteiger partial charge is 0.339 e. The molecule has 0 saturated heterocycles. The number of anilines is 3. The van der Waals surface area contributed by atoms with Crippen LogP contribution in [0, 0.1) is 6.92 Å². The molecule has 0 atom stereocenters. The molecular weight excluding hydrogens is 360 g/mol. The van der Waals surface area contributed by atoms with Crippen molar-refractivity contribution in [3.63, 3.8) is 0 Å². The van der Waals surface area contributed by atoms with Gasteiger partial charge in [0.15, 0.2) is 11.6 Å². The van der Waals surface area contributed by atoms with Crippen LogP contribution in [0.2, 0.25) is 5.02 Å². The maximum absolute atomic E-state index is 12.3. The first-order chi connectivity index (χ1) is 11.9. The first-order valence-electron chi connectivity index (χ1n) is 7.38. The summed E-state index contributed by atoms with van der Waals surface area (Å²) in [5.74, 6) is 0.628. The third-order valence-corrected chi connectivity index (χ3v) is 4.97. The van der Waals surface area contributed by atoms with Crippen molar-refractivity contribution in [3.8, 4) is 0 Å². The van der Waals surface area contributed by atoms with Gasteiger partial charge >= 0.3 is 0 Å². The molecule has 0 fully saturated rings. The number of benzene rings is 2. The minimum absolute atomic E-state index is 0.141. The van der Waals surface area contributed by atoms with E-state index in [2.05, 4.69) is 20.2 Å². The lowest BCUT2D eigenvalue weighted by molar-refractivity contribution is 0.601. The highest BCUT2D eigenvalue weighted by Gasteiger charge is 2.14. The summed E-state index contributed by atoms with van der Waals surface area (Å²) in [6.07, 6.45) is 0. The number of hydrogen-bond acceptors (Lipinski definition) is 5. The number of nitrogens with one attached hydrogen (secondary N) is 2. The Balaban J connectivity index is 1.71. The van der Waals surface area contributed by atoms with E-state index in [1.165, 1.54) is 6.07 Å². The Morgan fingerprint density at radius 3 is 2.04 bits per heavy atom. The van der Waals surface area contributed by atoms with Gasteiger partial charge in [-0.3, -0.25) is 4.72 Å². The molecule has 3 rings (SSSR count). The average Bonchev–Trinajstić information content (AvgIpc) is 2.59. The third-order valence-electron chi connectivity index (χ3n) is 3.35. The van der Waals surface area contributed by atoms with Gasteiger partial charge in [-0.1, -0.05) is 29.3 Å². The van der Waals surface area contributed by atoms with Crippen molar-refractivity contribution in [2.75, 3.05) is 10.0 Å². The summed E-state index contributed by atoms with van der Waals surface area (Å²) in [4.78, 5) is 0.170. The van der Waals surface area contributed by atoms with Crippen molar-refractivity contribution < 1.29 is 8.42 Å². The van der Waals surface area contributed by atoms with Gasteiger partial charge in [-0.25, -0.2) is 8.42 Å². The van der Waals surface area contributed by atoms with E-state index in [0.717, 1.165) is 11.3 Å². The van der Waals surface area contributed by atoms with Crippen LogP contribution in [0.5, 0.6) is 0 Å². The minimum atomic E-state index is -3.69. The van der Waals surface area contributed by atoms with Crippen LogP contribution >= 0.6 is 11.6 Å². The Bertz CT molecular complexity index is 957. The Labute approximate surface area is 150 Å². The lowest BCUT2D eigenvalue weighted by Crippen LogP contribution is -2.14. The summed E-state index contributed by atoms with van der Waals surface area (Å²) in [6, 6.07) is 16.8. The van der Waals surface area contributed by atoms with Crippen LogP contribution in [0.1, 0.15) is 5.56 Å². The Morgan fingerprint density at radius 2 is 1.44 bits per heavy atom. The van der Waals surface area contributed by atoms with Crippen LogP contribution in [-0.2, 0) is 10.0 Å². The number of sulfonamides is 1. The molecule has 0 saturated carbocycles. The number of rotatable bonds is 5. The Kier molecular flexibility index (Phi) is 4.87. The molecule has 0 radical (unpaired) electrons. The molecule has 0 aliphatic heterocycles. The lowest BCUT2D eigenvalue weighted by Gasteiger charge is -2.08. The van der Waals surface area contributed by atoms with Gasteiger partial charge in [0.2, 0.25) is 0 Å². The summed E-state index contributed by atoms with van der Waals surface area (Å²) in [5, 5.41) is 11.5. The van der Waals surface area contributed by atoms with Gasteiger partial charge < -0.3 is 5.32 Å². The second-order valence-corrected chi connectivity index (χ2v) is 7.47. The molecule has 25 heavy (non-hydrogen) atoms. The van der Waals surface area contributed by atoms with E-state index in [1.54, 1.807) is 54.6 Å². The molecule has 8 heteroatoms. The van der Waals surface area contributed by atoms with E-state index < -0.39 is 10.0 Å². The highest BCUT2D eigenvalue weighted by atomic mass is 35.5. The average molecular weight is 375 g/mol. The van der Waals surface area contributed by atoms with Crippen molar-refractivity contribution in [1.82, 2.24) is 10.2 Å². The first-order valence-corrected chi connectivity index (χ1v) is 9.24.